The fourth-order valence-corrected chi connectivity index (χ4v) is 0.991. The molecule has 0 fully saturated rings. The lowest BCUT2D eigenvalue weighted by Gasteiger charge is -2.03. The van der Waals surface area contributed by atoms with Gasteiger partial charge in [-0.15, -0.1) is 0 Å². The lowest BCUT2D eigenvalue weighted by atomic mass is 10.0. The van der Waals surface area contributed by atoms with Gasteiger partial charge in [-0.05, 0) is 24.1 Å². The zero-order chi connectivity index (χ0) is 11.0. The molecule has 3 nitrogen and oxygen atoms in total. The summed E-state index contributed by atoms with van der Waals surface area (Å²) in [6, 6.07) is 0. The average Bonchev–Trinajstić information content (AvgIpc) is 2.12. The van der Waals surface area contributed by atoms with E-state index >= 15 is 0 Å². The summed E-state index contributed by atoms with van der Waals surface area (Å²) < 4.78 is 4.66. The minimum Gasteiger partial charge on any atom is -0.504 e. The number of rotatable bonds is 6. The maximum atomic E-state index is 10.8. The van der Waals surface area contributed by atoms with Crippen LogP contribution >= 0.6 is 0 Å². The molecule has 0 atom stereocenters. The Labute approximate surface area is 84.4 Å². The third-order valence-corrected chi connectivity index (χ3v) is 1.64. The Bertz CT molecular complexity index is 262. The first kappa shape index (κ1) is 12.5. The molecule has 0 spiro atoms. The van der Waals surface area contributed by atoms with Crippen LogP contribution in [0.3, 0.4) is 0 Å². The van der Waals surface area contributed by atoms with Gasteiger partial charge in [0.25, 0.3) is 0 Å². The fraction of sp³-hybridized carbons (Fsp3) is 0.364. The predicted molar refractivity (Wildman–Crippen MR) is 55.9 cm³/mol. The van der Waals surface area contributed by atoms with E-state index in [4.69, 9.17) is 5.11 Å². The van der Waals surface area contributed by atoms with Crippen molar-refractivity contribution in [1.29, 1.82) is 0 Å². The lowest BCUT2D eigenvalue weighted by molar-refractivity contribution is -0.132. The van der Waals surface area contributed by atoms with E-state index in [9.17, 15) is 4.79 Å². The van der Waals surface area contributed by atoms with Gasteiger partial charge in [0, 0.05) is 0 Å². The summed E-state index contributed by atoms with van der Waals surface area (Å²) in [6.07, 6.45) is 6.03. The molecule has 0 aromatic heterocycles. The molecule has 1 N–H and O–H groups in total. The van der Waals surface area contributed by atoms with Gasteiger partial charge in [-0.2, -0.15) is 0 Å². The molecule has 0 amide bonds. The normalized spacial score (nSPS) is 11.7. The SMILES string of the molecule is C=C(CCC)/C(=C\C=C\OC)C(=O)O. The van der Waals surface area contributed by atoms with Crippen LogP contribution in [0.1, 0.15) is 19.8 Å². The van der Waals surface area contributed by atoms with Gasteiger partial charge in [0.15, 0.2) is 0 Å². The first-order chi connectivity index (χ1) is 6.63. The van der Waals surface area contributed by atoms with Gasteiger partial charge in [0.1, 0.15) is 0 Å². The molecule has 0 aromatic carbocycles. The lowest BCUT2D eigenvalue weighted by Crippen LogP contribution is -2.02. The van der Waals surface area contributed by atoms with Crippen LogP contribution in [0.25, 0.3) is 0 Å². The van der Waals surface area contributed by atoms with Crippen LogP contribution in [0.15, 0.2) is 36.1 Å². The molecular formula is C11H16O3. The number of aliphatic carboxylic acids is 1. The van der Waals surface area contributed by atoms with E-state index in [1.807, 2.05) is 6.92 Å². The van der Waals surface area contributed by atoms with Gasteiger partial charge >= 0.3 is 5.97 Å². The topological polar surface area (TPSA) is 46.5 Å². The van der Waals surface area contributed by atoms with E-state index in [1.165, 1.54) is 19.4 Å². The van der Waals surface area contributed by atoms with Crippen LogP contribution in [0, 0.1) is 0 Å². The minimum absolute atomic E-state index is 0.236. The summed E-state index contributed by atoms with van der Waals surface area (Å²) >= 11 is 0. The number of carbonyl (C=O) groups is 1. The number of methoxy groups -OCH3 is 1. The molecule has 0 aliphatic rings. The average molecular weight is 196 g/mol. The Kier molecular flexibility index (Phi) is 6.20. The molecule has 0 unspecified atom stereocenters. The Morgan fingerprint density at radius 3 is 2.64 bits per heavy atom. The second-order valence-electron chi connectivity index (χ2n) is 2.80. The Hall–Kier alpha value is -1.51. The maximum Gasteiger partial charge on any atom is 0.335 e. The molecule has 3 heteroatoms. The van der Waals surface area contributed by atoms with Crippen LogP contribution in [-0.4, -0.2) is 18.2 Å². The van der Waals surface area contributed by atoms with Crippen LogP contribution in [0.2, 0.25) is 0 Å². The molecular weight excluding hydrogens is 180 g/mol. The van der Waals surface area contributed by atoms with E-state index in [2.05, 4.69) is 11.3 Å². The Morgan fingerprint density at radius 1 is 1.57 bits per heavy atom. The van der Waals surface area contributed by atoms with Gasteiger partial charge in [-0.3, -0.25) is 0 Å². The number of ether oxygens (including phenoxy) is 1. The minimum atomic E-state index is -0.954. The summed E-state index contributed by atoms with van der Waals surface area (Å²) in [6.45, 7) is 5.70. The number of hydrogen-bond acceptors (Lipinski definition) is 2. The number of hydrogen-bond donors (Lipinski definition) is 1. The molecule has 0 heterocycles. The highest BCUT2D eigenvalue weighted by molar-refractivity contribution is 5.91. The summed E-state index contributed by atoms with van der Waals surface area (Å²) in [5.74, 6) is -0.954. The Balaban J connectivity index is 4.59. The van der Waals surface area contributed by atoms with Gasteiger partial charge in [-0.25, -0.2) is 4.79 Å². The van der Waals surface area contributed by atoms with Crippen molar-refractivity contribution in [3.8, 4) is 0 Å². The van der Waals surface area contributed by atoms with Crippen molar-refractivity contribution in [3.05, 3.63) is 36.1 Å². The predicted octanol–water partition coefficient (Wildman–Crippen LogP) is 2.51. The van der Waals surface area contributed by atoms with Gasteiger partial charge in [0.2, 0.25) is 0 Å². The van der Waals surface area contributed by atoms with Crippen molar-refractivity contribution >= 4 is 5.97 Å². The van der Waals surface area contributed by atoms with E-state index in [-0.39, 0.29) is 5.57 Å². The highest BCUT2D eigenvalue weighted by Gasteiger charge is 2.08. The molecule has 0 aliphatic carbocycles. The summed E-state index contributed by atoms with van der Waals surface area (Å²) in [5.41, 5.74) is 0.876. The fourth-order valence-electron chi connectivity index (χ4n) is 0.991. The van der Waals surface area contributed by atoms with Crippen molar-refractivity contribution in [2.45, 2.75) is 19.8 Å². The molecule has 14 heavy (non-hydrogen) atoms. The summed E-state index contributed by atoms with van der Waals surface area (Å²) in [4.78, 5) is 10.8. The first-order valence-corrected chi connectivity index (χ1v) is 4.44. The largest absolute Gasteiger partial charge is 0.504 e. The zero-order valence-corrected chi connectivity index (χ0v) is 8.62. The van der Waals surface area contributed by atoms with Crippen molar-refractivity contribution < 1.29 is 14.6 Å². The van der Waals surface area contributed by atoms with Crippen molar-refractivity contribution in [2.75, 3.05) is 7.11 Å². The molecule has 0 aromatic rings. The van der Waals surface area contributed by atoms with E-state index in [1.54, 1.807) is 6.08 Å². The highest BCUT2D eigenvalue weighted by atomic mass is 16.5. The second-order valence-corrected chi connectivity index (χ2v) is 2.80. The third kappa shape index (κ3) is 4.50. The first-order valence-electron chi connectivity index (χ1n) is 4.44. The molecule has 0 aliphatic heterocycles. The monoisotopic (exact) mass is 196 g/mol. The van der Waals surface area contributed by atoms with Gasteiger partial charge in [-0.1, -0.05) is 19.9 Å². The van der Waals surface area contributed by atoms with Crippen molar-refractivity contribution in [3.63, 3.8) is 0 Å². The number of allylic oxidation sites excluding steroid dienone is 2. The van der Waals surface area contributed by atoms with Crippen molar-refractivity contribution in [2.24, 2.45) is 0 Å². The van der Waals surface area contributed by atoms with Crippen LogP contribution in [-0.2, 0) is 9.53 Å². The van der Waals surface area contributed by atoms with Crippen molar-refractivity contribution in [1.82, 2.24) is 0 Å². The quantitative estimate of drug-likeness (QED) is 0.403. The van der Waals surface area contributed by atoms with E-state index in [0.717, 1.165) is 6.42 Å². The smallest absolute Gasteiger partial charge is 0.335 e. The van der Waals surface area contributed by atoms with Crippen LogP contribution in [0.4, 0.5) is 0 Å². The molecule has 78 valence electrons. The Morgan fingerprint density at radius 2 is 2.21 bits per heavy atom. The molecule has 0 rings (SSSR count). The van der Waals surface area contributed by atoms with E-state index in [0.29, 0.717) is 12.0 Å². The molecule has 0 saturated heterocycles. The molecule has 0 bridgehead atoms. The highest BCUT2D eigenvalue weighted by Crippen LogP contribution is 2.14. The van der Waals surface area contributed by atoms with Gasteiger partial charge < -0.3 is 9.84 Å². The molecule has 0 saturated carbocycles. The molecule has 0 radical (unpaired) electrons. The second kappa shape index (κ2) is 6.95. The summed E-state index contributed by atoms with van der Waals surface area (Å²) in [7, 11) is 1.51. The third-order valence-electron chi connectivity index (χ3n) is 1.64. The van der Waals surface area contributed by atoms with E-state index < -0.39 is 5.97 Å². The van der Waals surface area contributed by atoms with Crippen LogP contribution < -0.4 is 0 Å². The summed E-state index contributed by atoms with van der Waals surface area (Å²) in [5, 5.41) is 8.87. The van der Waals surface area contributed by atoms with Gasteiger partial charge in [0.05, 0.1) is 18.9 Å². The van der Waals surface area contributed by atoms with Crippen LogP contribution in [0.5, 0.6) is 0 Å². The number of carboxylic acids is 1. The standard InChI is InChI=1S/C11H16O3/c1-4-6-9(2)10(11(12)13)7-5-8-14-3/h5,7-8H,2,4,6H2,1,3H3,(H,12,13)/b8-5+,10-7+. The number of carboxylic acid groups (broad SMARTS) is 1. The zero-order valence-electron chi connectivity index (χ0n) is 8.62. The maximum absolute atomic E-state index is 10.8.